The van der Waals surface area contributed by atoms with Crippen LogP contribution in [0, 0.1) is 0 Å². The Labute approximate surface area is 176 Å². The van der Waals surface area contributed by atoms with Gasteiger partial charge in [0.15, 0.2) is 5.75 Å². The molecule has 0 aliphatic heterocycles. The van der Waals surface area contributed by atoms with E-state index in [1.807, 2.05) is 19.1 Å². The molecular formula is C21H26ClN3O4. The zero-order valence-electron chi connectivity index (χ0n) is 17.1. The molecule has 0 atom stereocenters. The van der Waals surface area contributed by atoms with Gasteiger partial charge in [0.25, 0.3) is 0 Å². The first kappa shape index (κ1) is 22.5. The van der Waals surface area contributed by atoms with E-state index < -0.39 is 0 Å². The third kappa shape index (κ3) is 7.29. The molecule has 7 nitrogen and oxygen atoms in total. The average Bonchev–Trinajstić information content (AvgIpc) is 2.65. The summed E-state index contributed by atoms with van der Waals surface area (Å²) in [6.45, 7) is 2.70. The highest BCUT2D eigenvalue weighted by Crippen LogP contribution is 2.32. The largest absolute Gasteiger partial charge is 0.494 e. The fourth-order valence-electron chi connectivity index (χ4n) is 2.45. The van der Waals surface area contributed by atoms with E-state index in [4.69, 9.17) is 21.1 Å². The molecule has 2 aromatic carbocycles. The Kier molecular flexibility index (Phi) is 8.30. The summed E-state index contributed by atoms with van der Waals surface area (Å²) in [7, 11) is 5.05. The second-order valence-corrected chi connectivity index (χ2v) is 7.09. The lowest BCUT2D eigenvalue weighted by Crippen LogP contribution is -2.38. The van der Waals surface area contributed by atoms with Crippen LogP contribution in [-0.2, 0) is 9.59 Å². The van der Waals surface area contributed by atoms with E-state index in [1.54, 1.807) is 56.4 Å². The molecule has 0 aliphatic carbocycles. The summed E-state index contributed by atoms with van der Waals surface area (Å²) in [5, 5.41) is 3.27. The van der Waals surface area contributed by atoms with Crippen molar-refractivity contribution in [2.75, 3.05) is 46.2 Å². The summed E-state index contributed by atoms with van der Waals surface area (Å²) >= 11 is 6.08. The number of carbonyl (C=O) groups excluding carboxylic acids is 2. The molecule has 0 spiro atoms. The van der Waals surface area contributed by atoms with Gasteiger partial charge in [-0.2, -0.15) is 0 Å². The molecule has 29 heavy (non-hydrogen) atoms. The fraction of sp³-hybridized carbons (Fsp3) is 0.333. The minimum atomic E-state index is -0.280. The Morgan fingerprint density at radius 3 is 2.28 bits per heavy atom. The molecule has 8 heteroatoms. The number of benzene rings is 2. The SMILES string of the molecule is CCOc1ccc(Oc2ccc(Cl)cc2NC(=O)CN(C)CC(=O)N(C)C)cc1. The molecule has 0 fully saturated rings. The van der Waals surface area contributed by atoms with Crippen LogP contribution in [0.4, 0.5) is 5.69 Å². The van der Waals surface area contributed by atoms with E-state index in [-0.39, 0.29) is 24.9 Å². The Bertz CT molecular complexity index is 840. The van der Waals surface area contributed by atoms with Crippen LogP contribution in [0.1, 0.15) is 6.92 Å². The second kappa shape index (κ2) is 10.7. The number of carbonyl (C=O) groups is 2. The van der Waals surface area contributed by atoms with Gasteiger partial charge in [-0.3, -0.25) is 14.5 Å². The van der Waals surface area contributed by atoms with Gasteiger partial charge in [-0.1, -0.05) is 11.6 Å². The van der Waals surface area contributed by atoms with Crippen LogP contribution in [0.3, 0.4) is 0 Å². The number of amides is 2. The maximum atomic E-state index is 12.4. The van der Waals surface area contributed by atoms with Crippen LogP contribution < -0.4 is 14.8 Å². The molecule has 0 saturated heterocycles. The van der Waals surface area contributed by atoms with E-state index >= 15 is 0 Å². The van der Waals surface area contributed by atoms with Gasteiger partial charge in [0.2, 0.25) is 11.8 Å². The summed E-state index contributed by atoms with van der Waals surface area (Å²) in [6.07, 6.45) is 0. The number of nitrogens with zero attached hydrogens (tertiary/aromatic N) is 2. The molecule has 0 unspecified atom stereocenters. The average molecular weight is 420 g/mol. The zero-order chi connectivity index (χ0) is 21.4. The molecule has 2 rings (SSSR count). The van der Waals surface area contributed by atoms with Crippen molar-refractivity contribution >= 4 is 29.1 Å². The summed E-state index contributed by atoms with van der Waals surface area (Å²) < 4.78 is 11.3. The Morgan fingerprint density at radius 2 is 1.66 bits per heavy atom. The van der Waals surface area contributed by atoms with Gasteiger partial charge in [-0.05, 0) is 56.4 Å². The van der Waals surface area contributed by atoms with Crippen molar-refractivity contribution in [3.05, 3.63) is 47.5 Å². The van der Waals surface area contributed by atoms with Crippen LogP contribution in [0.15, 0.2) is 42.5 Å². The topological polar surface area (TPSA) is 71.1 Å². The van der Waals surface area contributed by atoms with Crippen molar-refractivity contribution < 1.29 is 19.1 Å². The van der Waals surface area contributed by atoms with Crippen LogP contribution in [-0.4, -0.2) is 62.5 Å². The molecule has 0 saturated carbocycles. The normalized spacial score (nSPS) is 10.6. The van der Waals surface area contributed by atoms with Crippen molar-refractivity contribution in [2.24, 2.45) is 0 Å². The molecule has 0 aromatic heterocycles. The lowest BCUT2D eigenvalue weighted by molar-refractivity contribution is -0.130. The van der Waals surface area contributed by atoms with Gasteiger partial charge in [0.05, 0.1) is 25.4 Å². The van der Waals surface area contributed by atoms with Crippen LogP contribution >= 0.6 is 11.6 Å². The molecule has 0 aliphatic rings. The van der Waals surface area contributed by atoms with Crippen molar-refractivity contribution in [2.45, 2.75) is 6.92 Å². The maximum Gasteiger partial charge on any atom is 0.238 e. The fourth-order valence-corrected chi connectivity index (χ4v) is 2.62. The highest BCUT2D eigenvalue weighted by atomic mass is 35.5. The number of nitrogens with one attached hydrogen (secondary N) is 1. The van der Waals surface area contributed by atoms with Crippen molar-refractivity contribution in [3.63, 3.8) is 0 Å². The highest BCUT2D eigenvalue weighted by Gasteiger charge is 2.14. The van der Waals surface area contributed by atoms with E-state index in [9.17, 15) is 9.59 Å². The van der Waals surface area contributed by atoms with Crippen LogP contribution in [0.5, 0.6) is 17.2 Å². The first-order valence-corrected chi connectivity index (χ1v) is 9.55. The van der Waals surface area contributed by atoms with Gasteiger partial charge in [-0.15, -0.1) is 0 Å². The van der Waals surface area contributed by atoms with Crippen molar-refractivity contribution in [3.8, 4) is 17.2 Å². The number of halogens is 1. The lowest BCUT2D eigenvalue weighted by atomic mass is 10.2. The van der Waals surface area contributed by atoms with Crippen molar-refractivity contribution in [1.82, 2.24) is 9.80 Å². The Morgan fingerprint density at radius 1 is 1.00 bits per heavy atom. The van der Waals surface area contributed by atoms with E-state index in [2.05, 4.69) is 5.32 Å². The van der Waals surface area contributed by atoms with E-state index in [0.29, 0.717) is 28.8 Å². The monoisotopic (exact) mass is 419 g/mol. The minimum Gasteiger partial charge on any atom is -0.494 e. The van der Waals surface area contributed by atoms with Gasteiger partial charge >= 0.3 is 0 Å². The molecule has 0 heterocycles. The first-order chi connectivity index (χ1) is 13.8. The number of anilines is 1. The second-order valence-electron chi connectivity index (χ2n) is 6.66. The Balaban J connectivity index is 2.05. The highest BCUT2D eigenvalue weighted by molar-refractivity contribution is 6.31. The predicted molar refractivity (Wildman–Crippen MR) is 114 cm³/mol. The van der Waals surface area contributed by atoms with E-state index in [1.165, 1.54) is 4.90 Å². The summed E-state index contributed by atoms with van der Waals surface area (Å²) in [6, 6.07) is 12.2. The Hall–Kier alpha value is -2.77. The molecular weight excluding hydrogens is 394 g/mol. The number of hydrogen-bond acceptors (Lipinski definition) is 5. The first-order valence-electron chi connectivity index (χ1n) is 9.17. The minimum absolute atomic E-state index is 0.0502. The predicted octanol–water partition coefficient (Wildman–Crippen LogP) is 3.49. The van der Waals surface area contributed by atoms with Gasteiger partial charge in [-0.25, -0.2) is 0 Å². The molecule has 0 bridgehead atoms. The number of likely N-dealkylation sites (N-methyl/N-ethyl adjacent to an activating group) is 2. The van der Waals surface area contributed by atoms with Gasteiger partial charge < -0.3 is 19.7 Å². The third-order valence-electron chi connectivity index (χ3n) is 3.90. The van der Waals surface area contributed by atoms with Gasteiger partial charge in [0, 0.05) is 19.1 Å². The van der Waals surface area contributed by atoms with Gasteiger partial charge in [0.1, 0.15) is 11.5 Å². The lowest BCUT2D eigenvalue weighted by Gasteiger charge is -2.19. The van der Waals surface area contributed by atoms with Crippen LogP contribution in [0.2, 0.25) is 5.02 Å². The molecule has 2 amide bonds. The zero-order valence-corrected chi connectivity index (χ0v) is 17.8. The maximum absolute atomic E-state index is 12.4. The smallest absolute Gasteiger partial charge is 0.238 e. The molecule has 0 radical (unpaired) electrons. The molecule has 156 valence electrons. The summed E-state index contributed by atoms with van der Waals surface area (Å²) in [4.78, 5) is 27.3. The summed E-state index contributed by atoms with van der Waals surface area (Å²) in [5.74, 6) is 1.44. The third-order valence-corrected chi connectivity index (χ3v) is 4.13. The van der Waals surface area contributed by atoms with E-state index in [0.717, 1.165) is 5.75 Å². The molecule has 2 aromatic rings. The van der Waals surface area contributed by atoms with Crippen molar-refractivity contribution in [1.29, 1.82) is 0 Å². The number of rotatable bonds is 9. The molecule has 1 N–H and O–H groups in total. The van der Waals surface area contributed by atoms with Crippen LogP contribution in [0.25, 0.3) is 0 Å². The quantitative estimate of drug-likeness (QED) is 0.673. The number of hydrogen-bond donors (Lipinski definition) is 1. The number of ether oxygens (including phenoxy) is 2. The standard InChI is InChI=1S/C21H26ClN3O4/c1-5-28-16-7-9-17(10-8-16)29-19-11-6-15(22)12-18(19)23-20(26)13-25(4)14-21(27)24(2)3/h6-12H,5,13-14H2,1-4H3,(H,23,26). The summed E-state index contributed by atoms with van der Waals surface area (Å²) in [5.41, 5.74) is 0.448.